The fourth-order valence-electron chi connectivity index (χ4n) is 1.91. The monoisotopic (exact) mass is 274 g/mol. The number of hydrogen-bond acceptors (Lipinski definition) is 3. The molecule has 0 amide bonds. The summed E-state index contributed by atoms with van der Waals surface area (Å²) < 4.78 is 16.2. The van der Waals surface area contributed by atoms with E-state index < -0.39 is 0 Å². The zero-order chi connectivity index (χ0) is 14.0. The molecule has 0 unspecified atom stereocenters. The van der Waals surface area contributed by atoms with Crippen LogP contribution in [0.1, 0.15) is 65.2 Å². The van der Waals surface area contributed by atoms with Crippen LogP contribution in [0, 0.1) is 0 Å². The molecule has 0 saturated carbocycles. The van der Waals surface area contributed by atoms with Gasteiger partial charge in [0.15, 0.2) is 0 Å². The van der Waals surface area contributed by atoms with E-state index in [2.05, 4.69) is 0 Å². The molecule has 0 rings (SSSR count). The lowest BCUT2D eigenvalue weighted by molar-refractivity contribution is 0.119. The van der Waals surface area contributed by atoms with Crippen molar-refractivity contribution in [1.82, 2.24) is 0 Å². The van der Waals surface area contributed by atoms with Gasteiger partial charge in [0, 0.05) is 39.6 Å². The second kappa shape index (κ2) is 17.9. The number of ether oxygens (including phenoxy) is 3. The van der Waals surface area contributed by atoms with Gasteiger partial charge in [-0.2, -0.15) is 0 Å². The minimum absolute atomic E-state index is 0.841. The summed E-state index contributed by atoms with van der Waals surface area (Å²) in [6, 6.07) is 0. The first kappa shape index (κ1) is 18.9. The maximum absolute atomic E-state index is 5.63. The Hall–Kier alpha value is -0.120. The Bertz CT molecular complexity index is 135. The molecule has 0 radical (unpaired) electrons. The maximum Gasteiger partial charge on any atom is 0.0466 e. The predicted molar refractivity (Wildman–Crippen MR) is 80.7 cm³/mol. The van der Waals surface area contributed by atoms with Crippen LogP contribution in [-0.4, -0.2) is 39.6 Å². The lowest BCUT2D eigenvalue weighted by Crippen LogP contribution is -1.99. The summed E-state index contributed by atoms with van der Waals surface area (Å²) in [6.07, 6.45) is 9.82. The van der Waals surface area contributed by atoms with Gasteiger partial charge in [-0.25, -0.2) is 0 Å². The van der Waals surface area contributed by atoms with Gasteiger partial charge >= 0.3 is 0 Å². The molecule has 0 aromatic rings. The third-order valence-electron chi connectivity index (χ3n) is 3.06. The molecule has 19 heavy (non-hydrogen) atoms. The van der Waals surface area contributed by atoms with Gasteiger partial charge in [-0.1, -0.05) is 25.7 Å². The largest absolute Gasteiger partial charge is 0.382 e. The highest BCUT2D eigenvalue weighted by Gasteiger charge is 1.93. The van der Waals surface area contributed by atoms with Crippen molar-refractivity contribution in [2.75, 3.05) is 39.6 Å². The van der Waals surface area contributed by atoms with Crippen molar-refractivity contribution < 1.29 is 14.2 Å². The van der Waals surface area contributed by atoms with E-state index in [-0.39, 0.29) is 0 Å². The van der Waals surface area contributed by atoms with E-state index in [1.807, 2.05) is 13.8 Å². The molecule has 0 aromatic carbocycles. The molecule has 0 bridgehead atoms. The van der Waals surface area contributed by atoms with Gasteiger partial charge in [0.1, 0.15) is 0 Å². The molecular formula is C16H34O3. The van der Waals surface area contributed by atoms with Crippen LogP contribution in [-0.2, 0) is 14.2 Å². The zero-order valence-electron chi connectivity index (χ0n) is 13.1. The Morgan fingerprint density at radius 2 is 0.737 bits per heavy atom. The highest BCUT2D eigenvalue weighted by Crippen LogP contribution is 2.03. The second-order valence-corrected chi connectivity index (χ2v) is 4.83. The SMILES string of the molecule is CCOCCCCCCOCCCCCCOCC. The fraction of sp³-hybridized carbons (Fsp3) is 1.00. The van der Waals surface area contributed by atoms with Crippen LogP contribution in [0.3, 0.4) is 0 Å². The Kier molecular flexibility index (Phi) is 17.8. The van der Waals surface area contributed by atoms with Crippen molar-refractivity contribution in [2.45, 2.75) is 65.2 Å². The first-order valence-electron chi connectivity index (χ1n) is 8.15. The lowest BCUT2D eigenvalue weighted by atomic mass is 10.2. The molecule has 3 nitrogen and oxygen atoms in total. The van der Waals surface area contributed by atoms with Crippen LogP contribution in [0.5, 0.6) is 0 Å². The molecule has 0 N–H and O–H groups in total. The molecule has 0 atom stereocenters. The van der Waals surface area contributed by atoms with Crippen LogP contribution < -0.4 is 0 Å². The topological polar surface area (TPSA) is 27.7 Å². The first-order chi connectivity index (χ1) is 9.41. The smallest absolute Gasteiger partial charge is 0.0466 e. The van der Waals surface area contributed by atoms with Crippen molar-refractivity contribution in [1.29, 1.82) is 0 Å². The van der Waals surface area contributed by atoms with Crippen LogP contribution in [0.2, 0.25) is 0 Å². The van der Waals surface area contributed by atoms with Crippen LogP contribution in [0.4, 0.5) is 0 Å². The second-order valence-electron chi connectivity index (χ2n) is 4.83. The normalized spacial score (nSPS) is 11.1. The van der Waals surface area contributed by atoms with Crippen LogP contribution in [0.15, 0.2) is 0 Å². The van der Waals surface area contributed by atoms with Gasteiger partial charge in [0.05, 0.1) is 0 Å². The lowest BCUT2D eigenvalue weighted by Gasteiger charge is -2.05. The van der Waals surface area contributed by atoms with Gasteiger partial charge in [0.25, 0.3) is 0 Å². The molecule has 0 aliphatic heterocycles. The highest BCUT2D eigenvalue weighted by atomic mass is 16.5. The number of rotatable bonds is 16. The summed E-state index contributed by atoms with van der Waals surface area (Å²) in [7, 11) is 0. The quantitative estimate of drug-likeness (QED) is 0.395. The first-order valence-corrected chi connectivity index (χ1v) is 8.15. The summed E-state index contributed by atoms with van der Waals surface area (Å²) in [6.45, 7) is 9.45. The average Bonchev–Trinajstić information content (AvgIpc) is 2.43. The van der Waals surface area contributed by atoms with Crippen LogP contribution >= 0.6 is 0 Å². The molecule has 0 saturated heterocycles. The summed E-state index contributed by atoms with van der Waals surface area (Å²) in [4.78, 5) is 0. The summed E-state index contributed by atoms with van der Waals surface area (Å²) in [5, 5.41) is 0. The Morgan fingerprint density at radius 1 is 0.421 bits per heavy atom. The maximum atomic E-state index is 5.63. The van der Waals surface area contributed by atoms with Gasteiger partial charge in [-0.15, -0.1) is 0 Å². The summed E-state index contributed by atoms with van der Waals surface area (Å²) >= 11 is 0. The molecule has 0 aliphatic carbocycles. The Morgan fingerprint density at radius 3 is 1.05 bits per heavy atom. The molecule has 0 heterocycles. The van der Waals surface area contributed by atoms with Crippen molar-refractivity contribution in [3.05, 3.63) is 0 Å². The van der Waals surface area contributed by atoms with E-state index in [0.717, 1.165) is 39.6 Å². The molecule has 0 aromatic heterocycles. The van der Waals surface area contributed by atoms with E-state index in [1.165, 1.54) is 51.4 Å². The van der Waals surface area contributed by atoms with Gasteiger partial charge in [-0.3, -0.25) is 0 Å². The predicted octanol–water partition coefficient (Wildman–Crippen LogP) is 4.20. The van der Waals surface area contributed by atoms with E-state index in [4.69, 9.17) is 14.2 Å². The Balaban J connectivity index is 2.88. The standard InChI is InChI=1S/C16H34O3/c1-3-17-13-9-5-7-11-15-19-16-12-8-6-10-14-18-4-2/h3-16H2,1-2H3. The van der Waals surface area contributed by atoms with Crippen molar-refractivity contribution in [3.63, 3.8) is 0 Å². The van der Waals surface area contributed by atoms with E-state index in [0.29, 0.717) is 0 Å². The van der Waals surface area contributed by atoms with Crippen molar-refractivity contribution in [3.8, 4) is 0 Å². The number of hydrogen-bond donors (Lipinski definition) is 0. The van der Waals surface area contributed by atoms with Crippen molar-refractivity contribution in [2.24, 2.45) is 0 Å². The van der Waals surface area contributed by atoms with E-state index in [9.17, 15) is 0 Å². The van der Waals surface area contributed by atoms with Gasteiger partial charge in [0.2, 0.25) is 0 Å². The minimum atomic E-state index is 0.841. The minimum Gasteiger partial charge on any atom is -0.382 e. The summed E-state index contributed by atoms with van der Waals surface area (Å²) in [5.41, 5.74) is 0. The molecule has 3 heteroatoms. The Labute approximate surface area is 120 Å². The van der Waals surface area contributed by atoms with Gasteiger partial charge < -0.3 is 14.2 Å². The van der Waals surface area contributed by atoms with E-state index in [1.54, 1.807) is 0 Å². The molecule has 116 valence electrons. The van der Waals surface area contributed by atoms with E-state index >= 15 is 0 Å². The molecule has 0 aliphatic rings. The highest BCUT2D eigenvalue weighted by molar-refractivity contribution is 4.45. The molecule has 0 spiro atoms. The average molecular weight is 274 g/mol. The molecule has 0 fully saturated rings. The summed E-state index contributed by atoms with van der Waals surface area (Å²) in [5.74, 6) is 0. The fourth-order valence-corrected chi connectivity index (χ4v) is 1.91. The van der Waals surface area contributed by atoms with Gasteiger partial charge in [-0.05, 0) is 39.5 Å². The third kappa shape index (κ3) is 17.9. The number of unbranched alkanes of at least 4 members (excludes halogenated alkanes) is 6. The molecular weight excluding hydrogens is 240 g/mol. The van der Waals surface area contributed by atoms with Crippen molar-refractivity contribution >= 4 is 0 Å². The third-order valence-corrected chi connectivity index (χ3v) is 3.06. The zero-order valence-corrected chi connectivity index (χ0v) is 13.1. The van der Waals surface area contributed by atoms with Crippen LogP contribution in [0.25, 0.3) is 0 Å².